The molecule has 122 valence electrons. The van der Waals surface area contributed by atoms with E-state index in [9.17, 15) is 9.18 Å². The van der Waals surface area contributed by atoms with Gasteiger partial charge < -0.3 is 15.0 Å². The van der Waals surface area contributed by atoms with Crippen molar-refractivity contribution in [2.45, 2.75) is 45.3 Å². The predicted octanol–water partition coefficient (Wildman–Crippen LogP) is 4.29. The quantitative estimate of drug-likeness (QED) is 0.900. The molecule has 1 aromatic rings. The van der Waals surface area contributed by atoms with Crippen LogP contribution in [0.2, 0.25) is 5.02 Å². The number of carbonyl (C=O) groups is 1. The van der Waals surface area contributed by atoms with Crippen LogP contribution in [-0.4, -0.2) is 35.7 Å². The van der Waals surface area contributed by atoms with E-state index in [4.69, 9.17) is 16.3 Å². The Labute approximate surface area is 135 Å². The third kappa shape index (κ3) is 4.50. The Morgan fingerprint density at radius 1 is 1.50 bits per heavy atom. The Kier molecular flexibility index (Phi) is 5.16. The van der Waals surface area contributed by atoms with E-state index >= 15 is 0 Å². The van der Waals surface area contributed by atoms with E-state index in [1.54, 1.807) is 11.0 Å². The maximum absolute atomic E-state index is 13.4. The predicted molar refractivity (Wildman–Crippen MR) is 85.9 cm³/mol. The van der Waals surface area contributed by atoms with E-state index in [0.717, 1.165) is 12.8 Å². The number of hydrogen-bond donors (Lipinski definition) is 1. The maximum Gasteiger partial charge on any atom is 0.410 e. The standard InChI is InChI=1S/C16H22ClFN2O2/c1-16(2,3)22-15(21)20-8-4-5-12(20)10-19-11-6-7-13(17)14(18)9-11/h6-7,9,12,19H,4-5,8,10H2,1-3H3. The van der Waals surface area contributed by atoms with Crippen LogP contribution < -0.4 is 5.32 Å². The Morgan fingerprint density at radius 3 is 2.86 bits per heavy atom. The van der Waals surface area contributed by atoms with Crippen molar-refractivity contribution in [3.05, 3.63) is 29.0 Å². The first-order valence-electron chi connectivity index (χ1n) is 7.45. The monoisotopic (exact) mass is 328 g/mol. The molecule has 2 rings (SSSR count). The zero-order valence-electron chi connectivity index (χ0n) is 13.2. The Hall–Kier alpha value is -1.49. The lowest BCUT2D eigenvalue weighted by molar-refractivity contribution is 0.0235. The molecule has 0 saturated carbocycles. The molecule has 0 bridgehead atoms. The van der Waals surface area contributed by atoms with Gasteiger partial charge in [0.2, 0.25) is 0 Å². The van der Waals surface area contributed by atoms with Crippen LogP contribution in [0.1, 0.15) is 33.6 Å². The average molecular weight is 329 g/mol. The zero-order chi connectivity index (χ0) is 16.3. The van der Waals surface area contributed by atoms with E-state index < -0.39 is 11.4 Å². The Balaban J connectivity index is 1.93. The summed E-state index contributed by atoms with van der Waals surface area (Å²) in [4.78, 5) is 13.9. The molecule has 1 N–H and O–H groups in total. The van der Waals surface area contributed by atoms with Gasteiger partial charge in [0.05, 0.1) is 11.1 Å². The molecule has 1 fully saturated rings. The van der Waals surface area contributed by atoms with E-state index in [0.29, 0.717) is 18.8 Å². The average Bonchev–Trinajstić information content (AvgIpc) is 2.87. The molecule has 4 nitrogen and oxygen atoms in total. The fourth-order valence-electron chi connectivity index (χ4n) is 2.45. The summed E-state index contributed by atoms with van der Waals surface area (Å²) in [5, 5.41) is 3.25. The molecule has 1 amide bonds. The highest BCUT2D eigenvalue weighted by Gasteiger charge is 2.31. The topological polar surface area (TPSA) is 41.6 Å². The van der Waals surface area contributed by atoms with Crippen molar-refractivity contribution in [1.82, 2.24) is 4.90 Å². The molecule has 1 saturated heterocycles. The largest absolute Gasteiger partial charge is 0.444 e. The number of amides is 1. The summed E-state index contributed by atoms with van der Waals surface area (Å²) in [6, 6.07) is 4.64. The molecule has 0 aromatic heterocycles. The lowest BCUT2D eigenvalue weighted by Gasteiger charge is -2.29. The van der Waals surface area contributed by atoms with E-state index in [1.165, 1.54) is 12.1 Å². The minimum absolute atomic E-state index is 0.0496. The van der Waals surface area contributed by atoms with Crippen molar-refractivity contribution in [1.29, 1.82) is 0 Å². The molecule has 1 heterocycles. The molecule has 0 aliphatic carbocycles. The lowest BCUT2D eigenvalue weighted by atomic mass is 10.2. The highest BCUT2D eigenvalue weighted by molar-refractivity contribution is 6.30. The van der Waals surface area contributed by atoms with Gasteiger partial charge in [-0.3, -0.25) is 0 Å². The summed E-state index contributed by atoms with van der Waals surface area (Å²) in [5.41, 5.74) is 0.148. The highest BCUT2D eigenvalue weighted by Crippen LogP contribution is 2.23. The first kappa shape index (κ1) is 16.9. The van der Waals surface area contributed by atoms with Crippen molar-refractivity contribution in [3.8, 4) is 0 Å². The van der Waals surface area contributed by atoms with Gasteiger partial charge in [-0.05, 0) is 51.8 Å². The number of nitrogens with one attached hydrogen (secondary N) is 1. The first-order chi connectivity index (χ1) is 10.3. The first-order valence-corrected chi connectivity index (χ1v) is 7.82. The van der Waals surface area contributed by atoms with Gasteiger partial charge in [-0.25, -0.2) is 9.18 Å². The summed E-state index contributed by atoms with van der Waals surface area (Å²) < 4.78 is 18.8. The number of hydrogen-bond acceptors (Lipinski definition) is 3. The van der Waals surface area contributed by atoms with Crippen molar-refractivity contribution in [3.63, 3.8) is 0 Å². The molecule has 0 spiro atoms. The summed E-state index contributed by atoms with van der Waals surface area (Å²) in [5.74, 6) is -0.456. The number of anilines is 1. The molecule has 1 aromatic carbocycles. The molecule has 22 heavy (non-hydrogen) atoms. The van der Waals surface area contributed by atoms with Gasteiger partial charge in [0.1, 0.15) is 11.4 Å². The van der Waals surface area contributed by atoms with Gasteiger partial charge in [-0.2, -0.15) is 0 Å². The second-order valence-electron chi connectivity index (χ2n) is 6.48. The number of benzene rings is 1. The summed E-state index contributed by atoms with van der Waals surface area (Å²) >= 11 is 5.66. The van der Waals surface area contributed by atoms with Crippen LogP contribution >= 0.6 is 11.6 Å². The van der Waals surface area contributed by atoms with E-state index in [-0.39, 0.29) is 17.2 Å². The smallest absolute Gasteiger partial charge is 0.410 e. The van der Waals surface area contributed by atoms with E-state index in [2.05, 4.69) is 5.32 Å². The molecule has 1 aliphatic rings. The number of likely N-dealkylation sites (tertiary alicyclic amines) is 1. The fourth-order valence-corrected chi connectivity index (χ4v) is 2.57. The van der Waals surface area contributed by atoms with Crippen molar-refractivity contribution >= 4 is 23.4 Å². The SMILES string of the molecule is CC(C)(C)OC(=O)N1CCCC1CNc1ccc(Cl)c(F)c1. The number of nitrogens with zero attached hydrogens (tertiary/aromatic N) is 1. The zero-order valence-corrected chi connectivity index (χ0v) is 13.9. The van der Waals surface area contributed by atoms with Crippen LogP contribution in [0.25, 0.3) is 0 Å². The van der Waals surface area contributed by atoms with Gasteiger partial charge >= 0.3 is 6.09 Å². The molecule has 1 atom stereocenters. The minimum atomic E-state index is -0.503. The van der Waals surface area contributed by atoms with Gasteiger partial charge in [-0.15, -0.1) is 0 Å². The van der Waals surface area contributed by atoms with Gasteiger partial charge in [0, 0.05) is 18.8 Å². The van der Waals surface area contributed by atoms with Crippen LogP contribution in [0.4, 0.5) is 14.9 Å². The summed E-state index contributed by atoms with van der Waals surface area (Å²) in [6.45, 7) is 6.80. The molecular weight excluding hydrogens is 307 g/mol. The van der Waals surface area contributed by atoms with Gasteiger partial charge in [0.25, 0.3) is 0 Å². The molecule has 0 radical (unpaired) electrons. The van der Waals surface area contributed by atoms with E-state index in [1.807, 2.05) is 20.8 Å². The van der Waals surface area contributed by atoms with Gasteiger partial charge in [-0.1, -0.05) is 11.6 Å². The molecular formula is C16H22ClFN2O2. The Bertz CT molecular complexity index is 545. The number of ether oxygens (including phenoxy) is 1. The molecule has 6 heteroatoms. The minimum Gasteiger partial charge on any atom is -0.444 e. The summed E-state index contributed by atoms with van der Waals surface area (Å²) in [6.07, 6.45) is 1.56. The number of rotatable bonds is 3. The third-order valence-corrected chi connectivity index (χ3v) is 3.77. The van der Waals surface area contributed by atoms with Crippen LogP contribution in [0.15, 0.2) is 18.2 Å². The lowest BCUT2D eigenvalue weighted by Crippen LogP contribution is -2.42. The highest BCUT2D eigenvalue weighted by atomic mass is 35.5. The third-order valence-electron chi connectivity index (χ3n) is 3.47. The second-order valence-corrected chi connectivity index (χ2v) is 6.89. The number of carbonyl (C=O) groups excluding carboxylic acids is 1. The van der Waals surface area contributed by atoms with Crippen LogP contribution in [0, 0.1) is 5.82 Å². The second kappa shape index (κ2) is 6.73. The van der Waals surface area contributed by atoms with Crippen LogP contribution in [0.5, 0.6) is 0 Å². The molecule has 1 unspecified atom stereocenters. The van der Waals surface area contributed by atoms with Crippen molar-refractivity contribution in [2.75, 3.05) is 18.4 Å². The van der Waals surface area contributed by atoms with Crippen LogP contribution in [-0.2, 0) is 4.74 Å². The summed E-state index contributed by atoms with van der Waals surface area (Å²) in [7, 11) is 0. The number of halogens is 2. The van der Waals surface area contributed by atoms with Crippen LogP contribution in [0.3, 0.4) is 0 Å². The van der Waals surface area contributed by atoms with Crippen molar-refractivity contribution in [2.24, 2.45) is 0 Å². The normalized spacial score (nSPS) is 18.4. The molecule has 1 aliphatic heterocycles. The van der Waals surface area contributed by atoms with Gasteiger partial charge in [0.15, 0.2) is 0 Å². The van der Waals surface area contributed by atoms with Crippen molar-refractivity contribution < 1.29 is 13.9 Å². The Morgan fingerprint density at radius 2 is 2.23 bits per heavy atom. The fraction of sp³-hybridized carbons (Fsp3) is 0.562. The maximum atomic E-state index is 13.4.